The van der Waals surface area contributed by atoms with Gasteiger partial charge in [-0.3, -0.25) is 0 Å². The first-order valence-corrected chi connectivity index (χ1v) is 6.38. The third kappa shape index (κ3) is 2.10. The molecule has 0 aliphatic rings. The molecule has 3 aromatic rings. The lowest BCUT2D eigenvalue weighted by atomic mass is 10.0. The van der Waals surface area contributed by atoms with Crippen LogP contribution in [0.5, 0.6) is 0 Å². The van der Waals surface area contributed by atoms with Crippen LogP contribution in [0.2, 0.25) is 0 Å². The largest absolute Gasteiger partial charge is 0.453 e. The van der Waals surface area contributed by atoms with Crippen molar-refractivity contribution in [1.82, 2.24) is 5.16 Å². The minimum atomic E-state index is 0.448. The lowest BCUT2D eigenvalue weighted by molar-refractivity contribution is 0.422. The van der Waals surface area contributed by atoms with E-state index >= 15 is 0 Å². The highest BCUT2D eigenvalue weighted by Gasteiger charge is 2.19. The molecule has 4 heteroatoms. The summed E-state index contributed by atoms with van der Waals surface area (Å²) in [6, 6.07) is 9.81. The molecule has 2 N–H and O–H groups in total. The molecular weight excluding hydrogens is 240 g/mol. The summed E-state index contributed by atoms with van der Waals surface area (Å²) in [5.41, 5.74) is 7.64. The molecule has 0 atom stereocenters. The Balaban J connectivity index is 2.10. The van der Waals surface area contributed by atoms with Crippen molar-refractivity contribution in [2.75, 3.05) is 5.73 Å². The van der Waals surface area contributed by atoms with Gasteiger partial charge in [0.2, 0.25) is 5.76 Å². The molecule has 4 nitrogen and oxygen atoms in total. The number of aromatic nitrogens is 1. The minimum absolute atomic E-state index is 0.448. The first-order chi connectivity index (χ1) is 9.15. The van der Waals surface area contributed by atoms with Crippen molar-refractivity contribution in [2.24, 2.45) is 5.92 Å². The molecule has 98 valence electrons. The Morgan fingerprint density at radius 2 is 2.05 bits per heavy atom. The molecule has 0 aliphatic carbocycles. The van der Waals surface area contributed by atoms with Gasteiger partial charge in [0, 0.05) is 10.9 Å². The van der Waals surface area contributed by atoms with Crippen LogP contribution < -0.4 is 5.73 Å². The summed E-state index contributed by atoms with van der Waals surface area (Å²) >= 11 is 0. The molecule has 0 saturated heterocycles. The molecule has 0 saturated carbocycles. The zero-order valence-electron chi connectivity index (χ0n) is 11.0. The van der Waals surface area contributed by atoms with Crippen LogP contribution in [0.1, 0.15) is 19.4 Å². The van der Waals surface area contributed by atoms with Crippen LogP contribution in [0.4, 0.5) is 5.82 Å². The Kier molecular flexibility index (Phi) is 2.78. The molecule has 0 amide bonds. The molecule has 0 fully saturated rings. The van der Waals surface area contributed by atoms with Gasteiger partial charge in [0.05, 0.1) is 0 Å². The monoisotopic (exact) mass is 256 g/mol. The van der Waals surface area contributed by atoms with Gasteiger partial charge in [-0.1, -0.05) is 37.2 Å². The van der Waals surface area contributed by atoms with Crippen molar-refractivity contribution in [3.8, 4) is 11.5 Å². The van der Waals surface area contributed by atoms with E-state index in [-0.39, 0.29) is 0 Å². The highest BCUT2D eigenvalue weighted by molar-refractivity contribution is 5.82. The van der Waals surface area contributed by atoms with Crippen LogP contribution in [-0.4, -0.2) is 5.16 Å². The van der Waals surface area contributed by atoms with Gasteiger partial charge < -0.3 is 14.7 Å². The Bertz CT molecular complexity index is 677. The van der Waals surface area contributed by atoms with Crippen LogP contribution in [0, 0.1) is 5.92 Å². The molecular formula is C15H16N2O2. The maximum Gasteiger partial charge on any atom is 0.207 e. The number of fused-ring (bicyclic) bond motifs is 1. The molecule has 0 aliphatic heterocycles. The van der Waals surface area contributed by atoms with Crippen molar-refractivity contribution in [1.29, 1.82) is 0 Å². The van der Waals surface area contributed by atoms with E-state index in [1.807, 2.05) is 30.3 Å². The number of nitrogen functional groups attached to an aromatic ring is 1. The molecule has 0 bridgehead atoms. The number of nitrogens with two attached hydrogens (primary N) is 1. The van der Waals surface area contributed by atoms with Gasteiger partial charge in [-0.05, 0) is 24.5 Å². The van der Waals surface area contributed by atoms with Gasteiger partial charge >= 0.3 is 0 Å². The van der Waals surface area contributed by atoms with Crippen LogP contribution >= 0.6 is 0 Å². The Hall–Kier alpha value is -2.23. The quantitative estimate of drug-likeness (QED) is 0.772. The SMILES string of the molecule is CC(C)Cc1c(N)noc1-c1cc2ccccc2o1. The fourth-order valence-corrected chi connectivity index (χ4v) is 2.21. The summed E-state index contributed by atoms with van der Waals surface area (Å²) in [6.07, 6.45) is 0.821. The Morgan fingerprint density at radius 1 is 1.26 bits per heavy atom. The fraction of sp³-hybridized carbons (Fsp3) is 0.267. The smallest absolute Gasteiger partial charge is 0.207 e. The molecule has 2 aromatic heterocycles. The fourth-order valence-electron chi connectivity index (χ4n) is 2.21. The Labute approximate surface area is 111 Å². The van der Waals surface area contributed by atoms with Crippen LogP contribution in [-0.2, 0) is 6.42 Å². The van der Waals surface area contributed by atoms with E-state index in [0.29, 0.717) is 23.3 Å². The highest BCUT2D eigenvalue weighted by atomic mass is 16.5. The van der Waals surface area contributed by atoms with E-state index in [0.717, 1.165) is 23.0 Å². The van der Waals surface area contributed by atoms with Gasteiger partial charge in [-0.25, -0.2) is 0 Å². The first kappa shape index (κ1) is 11.8. The predicted molar refractivity (Wildman–Crippen MR) is 74.7 cm³/mol. The first-order valence-electron chi connectivity index (χ1n) is 6.38. The normalized spacial score (nSPS) is 11.5. The van der Waals surface area contributed by atoms with E-state index in [4.69, 9.17) is 14.7 Å². The standard InChI is InChI=1S/C15H16N2O2/c1-9(2)7-11-14(19-17-15(11)16)13-8-10-5-3-4-6-12(10)18-13/h3-6,8-9H,7H2,1-2H3,(H2,16,17). The van der Waals surface area contributed by atoms with Crippen molar-refractivity contribution in [2.45, 2.75) is 20.3 Å². The molecule has 0 unspecified atom stereocenters. The van der Waals surface area contributed by atoms with E-state index in [1.165, 1.54) is 0 Å². The van der Waals surface area contributed by atoms with Gasteiger partial charge in [-0.15, -0.1) is 0 Å². The van der Waals surface area contributed by atoms with E-state index in [1.54, 1.807) is 0 Å². The number of hydrogen-bond acceptors (Lipinski definition) is 4. The van der Waals surface area contributed by atoms with Gasteiger partial charge in [-0.2, -0.15) is 0 Å². The molecule has 0 radical (unpaired) electrons. The van der Waals surface area contributed by atoms with Crippen molar-refractivity contribution < 1.29 is 8.94 Å². The molecule has 19 heavy (non-hydrogen) atoms. The minimum Gasteiger partial charge on any atom is -0.453 e. The van der Waals surface area contributed by atoms with Crippen molar-refractivity contribution in [3.63, 3.8) is 0 Å². The van der Waals surface area contributed by atoms with Crippen LogP contribution in [0.15, 0.2) is 39.3 Å². The predicted octanol–water partition coefficient (Wildman–Crippen LogP) is 3.87. The average Bonchev–Trinajstić information content (AvgIpc) is 2.93. The number of hydrogen-bond donors (Lipinski definition) is 1. The second-order valence-corrected chi connectivity index (χ2v) is 5.12. The average molecular weight is 256 g/mol. The lowest BCUT2D eigenvalue weighted by Gasteiger charge is -2.03. The molecule has 3 rings (SSSR count). The van der Waals surface area contributed by atoms with Gasteiger partial charge in [0.1, 0.15) is 5.58 Å². The number of furan rings is 1. The second-order valence-electron chi connectivity index (χ2n) is 5.12. The molecule has 1 aromatic carbocycles. The van der Waals surface area contributed by atoms with Crippen LogP contribution in [0.3, 0.4) is 0 Å². The number of nitrogens with zero attached hydrogens (tertiary/aromatic N) is 1. The number of benzene rings is 1. The summed E-state index contributed by atoms with van der Waals surface area (Å²) in [5, 5.41) is 4.90. The van der Waals surface area contributed by atoms with E-state index in [2.05, 4.69) is 19.0 Å². The summed E-state index contributed by atoms with van der Waals surface area (Å²) in [4.78, 5) is 0. The molecule has 0 spiro atoms. The number of anilines is 1. The summed E-state index contributed by atoms with van der Waals surface area (Å²) in [5.74, 6) is 2.25. The summed E-state index contributed by atoms with van der Waals surface area (Å²) in [6.45, 7) is 4.27. The van der Waals surface area contributed by atoms with Crippen molar-refractivity contribution in [3.05, 3.63) is 35.9 Å². The number of para-hydroxylation sites is 1. The third-order valence-electron chi connectivity index (χ3n) is 3.08. The van der Waals surface area contributed by atoms with E-state index in [9.17, 15) is 0 Å². The number of rotatable bonds is 3. The van der Waals surface area contributed by atoms with E-state index < -0.39 is 0 Å². The van der Waals surface area contributed by atoms with Gasteiger partial charge in [0.15, 0.2) is 11.6 Å². The summed E-state index contributed by atoms with van der Waals surface area (Å²) < 4.78 is 11.1. The Morgan fingerprint density at radius 3 is 2.79 bits per heavy atom. The van der Waals surface area contributed by atoms with Crippen molar-refractivity contribution >= 4 is 16.8 Å². The van der Waals surface area contributed by atoms with Crippen LogP contribution in [0.25, 0.3) is 22.5 Å². The van der Waals surface area contributed by atoms with Gasteiger partial charge in [0.25, 0.3) is 0 Å². The molecule has 2 heterocycles. The zero-order chi connectivity index (χ0) is 13.4. The lowest BCUT2D eigenvalue weighted by Crippen LogP contribution is -1.98. The maximum atomic E-state index is 5.87. The summed E-state index contributed by atoms with van der Waals surface area (Å²) in [7, 11) is 0. The highest BCUT2D eigenvalue weighted by Crippen LogP contribution is 2.33. The topological polar surface area (TPSA) is 65.2 Å². The zero-order valence-corrected chi connectivity index (χ0v) is 11.0. The second kappa shape index (κ2) is 4.46. The maximum absolute atomic E-state index is 5.87. The third-order valence-corrected chi connectivity index (χ3v) is 3.08.